The van der Waals surface area contributed by atoms with E-state index in [4.69, 9.17) is 0 Å². The molecule has 0 spiro atoms. The van der Waals surface area contributed by atoms with Crippen LogP contribution in [0.5, 0.6) is 0 Å². The van der Waals surface area contributed by atoms with Gasteiger partial charge in [0, 0.05) is 9.80 Å². The third-order valence-corrected chi connectivity index (χ3v) is 7.39. The van der Waals surface area contributed by atoms with E-state index in [2.05, 4.69) is 6.58 Å². The van der Waals surface area contributed by atoms with E-state index >= 15 is 0 Å². The van der Waals surface area contributed by atoms with Gasteiger partial charge in [0.2, 0.25) is 0 Å². The van der Waals surface area contributed by atoms with Gasteiger partial charge in [0.25, 0.3) is 0 Å². The van der Waals surface area contributed by atoms with Crippen molar-refractivity contribution in [2.24, 2.45) is 0 Å². The van der Waals surface area contributed by atoms with Crippen LogP contribution in [0.25, 0.3) is 0 Å². The molecule has 0 aromatic heterocycles. The van der Waals surface area contributed by atoms with Gasteiger partial charge in [0.05, 0.1) is 4.90 Å². The molecular formula is C22H20O2S2. The first-order valence-electron chi connectivity index (χ1n) is 8.32. The van der Waals surface area contributed by atoms with Crippen LogP contribution in [0.2, 0.25) is 0 Å². The first-order chi connectivity index (χ1) is 12.6. The second kappa shape index (κ2) is 8.39. The minimum Gasteiger partial charge on any atom is -0.223 e. The molecule has 0 amide bonds. The molecule has 0 heterocycles. The molecule has 2 nitrogen and oxygen atoms in total. The summed E-state index contributed by atoms with van der Waals surface area (Å²) in [6, 6.07) is 28.0. The summed E-state index contributed by atoms with van der Waals surface area (Å²) in [6.07, 6.45) is 0.400. The van der Waals surface area contributed by atoms with Gasteiger partial charge in [-0.05, 0) is 36.2 Å². The molecule has 132 valence electrons. The summed E-state index contributed by atoms with van der Waals surface area (Å²) < 4.78 is 26.6. The molecule has 3 aromatic rings. The number of hydrogen-bond acceptors (Lipinski definition) is 3. The Bertz CT molecular complexity index is 951. The number of hydrogen-bond donors (Lipinski definition) is 0. The van der Waals surface area contributed by atoms with E-state index in [1.54, 1.807) is 24.3 Å². The fourth-order valence-electron chi connectivity index (χ4n) is 2.70. The highest BCUT2D eigenvalue weighted by atomic mass is 32.2. The normalized spacial score (nSPS) is 12.5. The van der Waals surface area contributed by atoms with E-state index in [-0.39, 0.29) is 0 Å². The van der Waals surface area contributed by atoms with Gasteiger partial charge < -0.3 is 0 Å². The molecule has 3 rings (SSSR count). The second-order valence-corrected chi connectivity index (χ2v) is 9.25. The lowest BCUT2D eigenvalue weighted by atomic mass is 10.1. The van der Waals surface area contributed by atoms with Crippen LogP contribution in [-0.4, -0.2) is 13.7 Å². The van der Waals surface area contributed by atoms with Crippen LogP contribution in [0.15, 0.2) is 112 Å². The largest absolute Gasteiger partial charge is 0.223 e. The third-order valence-electron chi connectivity index (χ3n) is 4.06. The van der Waals surface area contributed by atoms with Crippen LogP contribution in [0, 0.1) is 0 Å². The van der Waals surface area contributed by atoms with Gasteiger partial charge in [0.15, 0.2) is 9.84 Å². The summed E-state index contributed by atoms with van der Waals surface area (Å²) in [5.41, 5.74) is 0.979. The molecule has 0 N–H and O–H groups in total. The minimum atomic E-state index is -3.54. The molecule has 0 aliphatic rings. The maximum absolute atomic E-state index is 13.3. The molecular weight excluding hydrogens is 360 g/mol. The van der Waals surface area contributed by atoms with Crippen LogP contribution < -0.4 is 0 Å². The van der Waals surface area contributed by atoms with Crippen molar-refractivity contribution in [3.05, 3.63) is 108 Å². The Balaban J connectivity index is 1.95. The Morgan fingerprint density at radius 1 is 0.808 bits per heavy atom. The molecule has 0 radical (unpaired) electrons. The first kappa shape index (κ1) is 18.5. The topological polar surface area (TPSA) is 34.1 Å². The molecule has 0 saturated carbocycles. The minimum absolute atomic E-state index is 0.329. The van der Waals surface area contributed by atoms with Gasteiger partial charge in [-0.3, -0.25) is 0 Å². The van der Waals surface area contributed by atoms with Gasteiger partial charge >= 0.3 is 0 Å². The second-order valence-electron chi connectivity index (χ2n) is 5.92. The average Bonchev–Trinajstić information content (AvgIpc) is 2.68. The summed E-state index contributed by atoms with van der Waals surface area (Å²) >= 11 is 1.42. The highest BCUT2D eigenvalue weighted by Crippen LogP contribution is 2.34. The highest BCUT2D eigenvalue weighted by Gasteiger charge is 2.30. The lowest BCUT2D eigenvalue weighted by Gasteiger charge is -2.20. The molecule has 0 aliphatic carbocycles. The molecule has 4 heteroatoms. The Labute approximate surface area is 159 Å². The van der Waals surface area contributed by atoms with Crippen molar-refractivity contribution in [3.8, 4) is 0 Å². The number of sulfone groups is 1. The zero-order chi connectivity index (χ0) is 18.4. The number of thioether (sulfide) groups is 1. The first-order valence-corrected chi connectivity index (χ1v) is 10.7. The zero-order valence-electron chi connectivity index (χ0n) is 14.3. The average molecular weight is 381 g/mol. The van der Waals surface area contributed by atoms with Crippen molar-refractivity contribution < 1.29 is 8.42 Å². The molecule has 1 unspecified atom stereocenters. The SMILES string of the molecule is C=C(Sc1ccccc1)C(Cc1ccccc1)S(=O)(=O)c1ccccc1. The van der Waals surface area contributed by atoms with E-state index in [0.29, 0.717) is 16.2 Å². The van der Waals surface area contributed by atoms with Crippen molar-refractivity contribution in [1.29, 1.82) is 0 Å². The van der Waals surface area contributed by atoms with E-state index in [9.17, 15) is 8.42 Å². The Hall–Kier alpha value is -2.30. The molecule has 1 atom stereocenters. The molecule has 0 fully saturated rings. The van der Waals surface area contributed by atoms with Crippen LogP contribution in [0.1, 0.15) is 5.56 Å². The van der Waals surface area contributed by atoms with Crippen LogP contribution in [0.4, 0.5) is 0 Å². The van der Waals surface area contributed by atoms with Crippen molar-refractivity contribution in [2.45, 2.75) is 21.5 Å². The monoisotopic (exact) mass is 380 g/mol. The van der Waals surface area contributed by atoms with E-state index < -0.39 is 15.1 Å². The smallest absolute Gasteiger partial charge is 0.186 e. The molecule has 26 heavy (non-hydrogen) atoms. The highest BCUT2D eigenvalue weighted by molar-refractivity contribution is 8.04. The molecule has 3 aromatic carbocycles. The molecule has 0 aliphatic heterocycles. The van der Waals surface area contributed by atoms with Crippen molar-refractivity contribution in [1.82, 2.24) is 0 Å². The van der Waals surface area contributed by atoms with Crippen LogP contribution in [-0.2, 0) is 16.3 Å². The zero-order valence-corrected chi connectivity index (χ0v) is 15.9. The van der Waals surface area contributed by atoms with Gasteiger partial charge in [0.1, 0.15) is 5.25 Å². The fourth-order valence-corrected chi connectivity index (χ4v) is 5.66. The summed E-state index contributed by atoms with van der Waals surface area (Å²) in [4.78, 5) is 1.94. The van der Waals surface area contributed by atoms with Gasteiger partial charge in [-0.2, -0.15) is 0 Å². The van der Waals surface area contributed by atoms with Crippen molar-refractivity contribution in [3.63, 3.8) is 0 Å². The summed E-state index contributed by atoms with van der Waals surface area (Å²) in [6.45, 7) is 4.12. The predicted molar refractivity (Wildman–Crippen MR) is 109 cm³/mol. The van der Waals surface area contributed by atoms with Gasteiger partial charge in [-0.25, -0.2) is 8.42 Å². The fraction of sp³-hybridized carbons (Fsp3) is 0.0909. The van der Waals surface area contributed by atoms with E-state index in [1.807, 2.05) is 66.7 Å². The Morgan fingerprint density at radius 2 is 1.31 bits per heavy atom. The lowest BCUT2D eigenvalue weighted by molar-refractivity contribution is 0.587. The maximum Gasteiger partial charge on any atom is 0.186 e. The van der Waals surface area contributed by atoms with Crippen LogP contribution >= 0.6 is 11.8 Å². The summed E-state index contributed by atoms with van der Waals surface area (Å²) in [7, 11) is -3.54. The number of rotatable bonds is 7. The van der Waals surface area contributed by atoms with Gasteiger partial charge in [-0.15, -0.1) is 0 Å². The summed E-state index contributed by atoms with van der Waals surface area (Å²) in [5, 5.41) is -0.697. The van der Waals surface area contributed by atoms with Crippen LogP contribution in [0.3, 0.4) is 0 Å². The van der Waals surface area contributed by atoms with E-state index in [1.165, 1.54) is 11.8 Å². The Kier molecular flexibility index (Phi) is 5.96. The van der Waals surface area contributed by atoms with E-state index in [0.717, 1.165) is 10.5 Å². The summed E-state index contributed by atoms with van der Waals surface area (Å²) in [5.74, 6) is 0. The number of benzene rings is 3. The van der Waals surface area contributed by atoms with Gasteiger partial charge in [-0.1, -0.05) is 85.1 Å². The Morgan fingerprint density at radius 3 is 1.88 bits per heavy atom. The standard InChI is InChI=1S/C22H20O2S2/c1-18(25-20-13-7-3-8-14-20)22(17-19-11-5-2-6-12-19)26(23,24)21-15-9-4-10-16-21/h2-16,22H,1,17H2. The lowest BCUT2D eigenvalue weighted by Crippen LogP contribution is -2.25. The quantitative estimate of drug-likeness (QED) is 0.516. The maximum atomic E-state index is 13.3. The molecule has 0 saturated heterocycles. The van der Waals surface area contributed by atoms with Crippen molar-refractivity contribution in [2.75, 3.05) is 0 Å². The molecule has 0 bridgehead atoms. The predicted octanol–water partition coefficient (Wildman–Crippen LogP) is 5.38. The third kappa shape index (κ3) is 4.45. The van der Waals surface area contributed by atoms with Crippen molar-refractivity contribution >= 4 is 21.6 Å².